The van der Waals surface area contributed by atoms with E-state index in [9.17, 15) is 9.90 Å². The molecule has 1 rings (SSSR count). The molecule has 1 aliphatic heterocycles. The quantitative estimate of drug-likeness (QED) is 0.681. The van der Waals surface area contributed by atoms with Crippen LogP contribution in [0.5, 0.6) is 0 Å². The van der Waals surface area contributed by atoms with Gasteiger partial charge in [-0.25, -0.2) is 0 Å². The third-order valence-corrected chi connectivity index (χ3v) is 3.65. The zero-order valence-corrected chi connectivity index (χ0v) is 10.9. The van der Waals surface area contributed by atoms with Gasteiger partial charge in [0.05, 0.1) is 0 Å². The number of likely N-dealkylation sites (tertiary alicyclic amines) is 1. The number of hydrogen-bond acceptors (Lipinski definition) is 3. The maximum atomic E-state index is 11.2. The molecule has 1 heterocycles. The first kappa shape index (κ1) is 14.2. The van der Waals surface area contributed by atoms with Gasteiger partial charge in [0.15, 0.2) is 0 Å². The molecule has 0 spiro atoms. The van der Waals surface area contributed by atoms with Gasteiger partial charge in [0, 0.05) is 19.6 Å². The van der Waals surface area contributed by atoms with Crippen molar-refractivity contribution in [2.45, 2.75) is 26.3 Å². The monoisotopic (exact) mass is 240 g/mol. The lowest BCUT2D eigenvalue weighted by molar-refractivity contribution is -0.142. The van der Waals surface area contributed by atoms with E-state index in [-0.39, 0.29) is 6.04 Å². The normalized spacial score (nSPS) is 25.4. The van der Waals surface area contributed by atoms with Crippen molar-refractivity contribution in [1.29, 1.82) is 0 Å². The SMILES string of the molecule is C=C[C@@H]1C[C@H](C(=O)O)N(CCN(CC)CC)C1. The fourth-order valence-corrected chi connectivity index (χ4v) is 2.42. The van der Waals surface area contributed by atoms with Gasteiger partial charge in [-0.05, 0) is 25.4 Å². The average molecular weight is 240 g/mol. The number of hydrogen-bond donors (Lipinski definition) is 1. The van der Waals surface area contributed by atoms with Gasteiger partial charge in [-0.3, -0.25) is 9.69 Å². The minimum absolute atomic E-state index is 0.325. The fourth-order valence-electron chi connectivity index (χ4n) is 2.42. The fraction of sp³-hybridized carbons (Fsp3) is 0.769. The summed E-state index contributed by atoms with van der Waals surface area (Å²) in [5, 5.41) is 9.19. The van der Waals surface area contributed by atoms with E-state index < -0.39 is 5.97 Å². The molecule has 0 bridgehead atoms. The standard InChI is InChI=1S/C13H24N2O2/c1-4-11-9-12(13(16)17)15(10-11)8-7-14(5-2)6-3/h4,11-12H,1,5-10H2,2-3H3,(H,16,17)/t11-,12-/m1/s1. The lowest BCUT2D eigenvalue weighted by Crippen LogP contribution is -2.41. The molecule has 1 N–H and O–H groups in total. The molecule has 0 aromatic carbocycles. The van der Waals surface area contributed by atoms with Gasteiger partial charge < -0.3 is 10.0 Å². The molecule has 0 amide bonds. The third kappa shape index (κ3) is 3.82. The molecule has 0 aromatic rings. The van der Waals surface area contributed by atoms with E-state index in [1.54, 1.807) is 0 Å². The molecule has 0 aromatic heterocycles. The first-order chi connectivity index (χ1) is 8.12. The number of carbonyl (C=O) groups is 1. The van der Waals surface area contributed by atoms with Crippen LogP contribution in [0, 0.1) is 5.92 Å². The number of nitrogens with zero attached hydrogens (tertiary/aromatic N) is 2. The summed E-state index contributed by atoms with van der Waals surface area (Å²) in [5.41, 5.74) is 0. The highest BCUT2D eigenvalue weighted by Crippen LogP contribution is 2.23. The molecule has 1 aliphatic rings. The van der Waals surface area contributed by atoms with Gasteiger partial charge in [-0.2, -0.15) is 0 Å². The highest BCUT2D eigenvalue weighted by atomic mass is 16.4. The largest absolute Gasteiger partial charge is 0.480 e. The third-order valence-electron chi connectivity index (χ3n) is 3.65. The zero-order chi connectivity index (χ0) is 12.8. The number of rotatable bonds is 7. The summed E-state index contributed by atoms with van der Waals surface area (Å²) in [5.74, 6) is -0.373. The van der Waals surface area contributed by atoms with Crippen molar-refractivity contribution in [3.63, 3.8) is 0 Å². The van der Waals surface area contributed by atoms with Crippen LogP contribution in [-0.2, 0) is 4.79 Å². The Morgan fingerprint density at radius 1 is 1.53 bits per heavy atom. The molecule has 4 nitrogen and oxygen atoms in total. The van der Waals surface area contributed by atoms with Crippen LogP contribution in [0.4, 0.5) is 0 Å². The van der Waals surface area contributed by atoms with Gasteiger partial charge in [-0.1, -0.05) is 19.9 Å². The van der Waals surface area contributed by atoms with Gasteiger partial charge in [0.1, 0.15) is 6.04 Å². The summed E-state index contributed by atoms with van der Waals surface area (Å²) >= 11 is 0. The highest BCUT2D eigenvalue weighted by molar-refractivity contribution is 5.74. The molecule has 0 unspecified atom stereocenters. The second-order valence-corrected chi connectivity index (χ2v) is 4.61. The average Bonchev–Trinajstić information content (AvgIpc) is 2.74. The van der Waals surface area contributed by atoms with E-state index in [2.05, 4.69) is 30.2 Å². The van der Waals surface area contributed by atoms with Crippen molar-refractivity contribution >= 4 is 5.97 Å². The predicted octanol–water partition coefficient (Wildman–Crippen LogP) is 1.29. The second kappa shape index (κ2) is 6.77. The summed E-state index contributed by atoms with van der Waals surface area (Å²) in [6.07, 6.45) is 2.59. The van der Waals surface area contributed by atoms with Crippen LogP contribution in [0.2, 0.25) is 0 Å². The summed E-state index contributed by atoms with van der Waals surface area (Å²) in [7, 11) is 0. The Morgan fingerprint density at radius 2 is 2.18 bits per heavy atom. The number of carboxylic acids is 1. The lowest BCUT2D eigenvalue weighted by Gasteiger charge is -2.25. The van der Waals surface area contributed by atoms with Crippen molar-refractivity contribution < 1.29 is 9.90 Å². The number of aliphatic carboxylic acids is 1. The zero-order valence-electron chi connectivity index (χ0n) is 10.9. The smallest absolute Gasteiger partial charge is 0.320 e. The van der Waals surface area contributed by atoms with E-state index in [0.29, 0.717) is 12.3 Å². The predicted molar refractivity (Wildman–Crippen MR) is 69.1 cm³/mol. The van der Waals surface area contributed by atoms with Crippen LogP contribution in [0.25, 0.3) is 0 Å². The number of carboxylic acid groups (broad SMARTS) is 1. The van der Waals surface area contributed by atoms with Gasteiger partial charge in [0.25, 0.3) is 0 Å². The van der Waals surface area contributed by atoms with Gasteiger partial charge in [-0.15, -0.1) is 6.58 Å². The van der Waals surface area contributed by atoms with Crippen LogP contribution in [0.15, 0.2) is 12.7 Å². The van der Waals surface area contributed by atoms with Crippen LogP contribution < -0.4 is 0 Å². The molecule has 0 aliphatic carbocycles. The van der Waals surface area contributed by atoms with Crippen LogP contribution in [0.1, 0.15) is 20.3 Å². The minimum Gasteiger partial charge on any atom is -0.480 e. The van der Waals surface area contributed by atoms with Crippen molar-refractivity contribution in [2.24, 2.45) is 5.92 Å². The molecule has 0 radical (unpaired) electrons. The highest BCUT2D eigenvalue weighted by Gasteiger charge is 2.35. The van der Waals surface area contributed by atoms with E-state index in [1.165, 1.54) is 0 Å². The Morgan fingerprint density at radius 3 is 2.65 bits per heavy atom. The van der Waals surface area contributed by atoms with E-state index >= 15 is 0 Å². The van der Waals surface area contributed by atoms with Crippen molar-refractivity contribution in [3.05, 3.63) is 12.7 Å². The Labute approximate surface area is 104 Å². The summed E-state index contributed by atoms with van der Waals surface area (Å²) in [6, 6.07) is -0.325. The summed E-state index contributed by atoms with van der Waals surface area (Å²) < 4.78 is 0. The molecule has 2 atom stereocenters. The second-order valence-electron chi connectivity index (χ2n) is 4.61. The molecule has 0 saturated carbocycles. The lowest BCUT2D eigenvalue weighted by atomic mass is 10.1. The van der Waals surface area contributed by atoms with Gasteiger partial charge >= 0.3 is 5.97 Å². The topological polar surface area (TPSA) is 43.8 Å². The van der Waals surface area contributed by atoms with Crippen molar-refractivity contribution in [2.75, 3.05) is 32.7 Å². The molecule has 1 saturated heterocycles. The minimum atomic E-state index is -0.700. The maximum absolute atomic E-state index is 11.2. The van der Waals surface area contributed by atoms with Crippen LogP contribution >= 0.6 is 0 Å². The Kier molecular flexibility index (Phi) is 5.65. The van der Waals surface area contributed by atoms with E-state index in [1.807, 2.05) is 6.08 Å². The molecule has 17 heavy (non-hydrogen) atoms. The Bertz CT molecular complexity index is 264. The Balaban J connectivity index is 2.50. The summed E-state index contributed by atoms with van der Waals surface area (Å²) in [6.45, 7) is 12.7. The van der Waals surface area contributed by atoms with E-state index in [0.717, 1.165) is 32.7 Å². The van der Waals surface area contributed by atoms with Crippen molar-refractivity contribution in [3.8, 4) is 0 Å². The van der Waals surface area contributed by atoms with Crippen LogP contribution in [-0.4, -0.2) is 59.6 Å². The molecular formula is C13H24N2O2. The molecule has 4 heteroatoms. The van der Waals surface area contributed by atoms with Crippen molar-refractivity contribution in [1.82, 2.24) is 9.80 Å². The van der Waals surface area contributed by atoms with Crippen LogP contribution in [0.3, 0.4) is 0 Å². The van der Waals surface area contributed by atoms with E-state index in [4.69, 9.17) is 0 Å². The summed E-state index contributed by atoms with van der Waals surface area (Å²) in [4.78, 5) is 15.6. The molecule has 1 fully saturated rings. The van der Waals surface area contributed by atoms with Gasteiger partial charge in [0.2, 0.25) is 0 Å². The molecular weight excluding hydrogens is 216 g/mol. The first-order valence-corrected chi connectivity index (χ1v) is 6.44. The maximum Gasteiger partial charge on any atom is 0.320 e. The first-order valence-electron chi connectivity index (χ1n) is 6.44. The molecule has 98 valence electrons. The Hall–Kier alpha value is -0.870. The number of likely N-dealkylation sites (N-methyl/N-ethyl adjacent to an activating group) is 1.